The fourth-order valence-corrected chi connectivity index (χ4v) is 3.16. The molecule has 0 aromatic heterocycles. The Hall–Kier alpha value is -0.710. The molecule has 1 aromatic carbocycles. The van der Waals surface area contributed by atoms with Gasteiger partial charge < -0.3 is 5.32 Å². The number of benzene rings is 1. The molecule has 3 nitrogen and oxygen atoms in total. The predicted molar refractivity (Wildman–Crippen MR) is 81.8 cm³/mol. The largest absolute Gasteiger partial charge is 0.305 e. The summed E-state index contributed by atoms with van der Waals surface area (Å²) in [5.41, 5.74) is 1.31. The third-order valence-electron chi connectivity index (χ3n) is 4.01. The maximum absolute atomic E-state index is 11.3. The molecule has 4 heteroatoms. The minimum Gasteiger partial charge on any atom is -0.305 e. The fraction of sp³-hybridized carbons (Fsp3) is 0.600. The van der Waals surface area contributed by atoms with Crippen molar-refractivity contribution in [1.82, 2.24) is 10.2 Å². The number of hydrogen-bond donors (Lipinski definition) is 1. The third kappa shape index (κ3) is 3.65. The minimum atomic E-state index is -0.714. The first-order valence-electron chi connectivity index (χ1n) is 6.86. The lowest BCUT2D eigenvalue weighted by Crippen LogP contribution is -2.60. The Morgan fingerprint density at radius 3 is 2.74 bits per heavy atom. The molecule has 1 N–H and O–H groups in total. The Morgan fingerprint density at radius 1 is 1.42 bits per heavy atom. The standard InChI is InChI=1S/C15H24N2OS/c1-13-11-16-15(2,14-7-5-4-6-8-14)12-17(13)9-10-19(3)18/h4-8,13,16H,9-12H2,1-3H3. The molecule has 0 radical (unpaired) electrons. The van der Waals surface area contributed by atoms with Crippen molar-refractivity contribution in [3.63, 3.8) is 0 Å². The van der Waals surface area contributed by atoms with Crippen molar-refractivity contribution in [2.24, 2.45) is 0 Å². The van der Waals surface area contributed by atoms with Crippen LogP contribution in [0.3, 0.4) is 0 Å². The summed E-state index contributed by atoms with van der Waals surface area (Å²) < 4.78 is 11.3. The molecule has 0 amide bonds. The predicted octanol–water partition coefficient (Wildman–Crippen LogP) is 1.57. The molecule has 0 spiro atoms. The molecule has 1 aromatic rings. The molecule has 3 atom stereocenters. The van der Waals surface area contributed by atoms with E-state index < -0.39 is 10.8 Å². The van der Waals surface area contributed by atoms with Crippen molar-refractivity contribution in [1.29, 1.82) is 0 Å². The van der Waals surface area contributed by atoms with Crippen molar-refractivity contribution in [2.45, 2.75) is 25.4 Å². The van der Waals surface area contributed by atoms with Crippen molar-refractivity contribution in [2.75, 3.05) is 31.6 Å². The molecule has 3 unspecified atom stereocenters. The van der Waals surface area contributed by atoms with Gasteiger partial charge in [0.2, 0.25) is 0 Å². The third-order valence-corrected chi connectivity index (χ3v) is 4.76. The summed E-state index contributed by atoms with van der Waals surface area (Å²) in [4.78, 5) is 2.45. The first-order valence-corrected chi connectivity index (χ1v) is 8.58. The maximum Gasteiger partial charge on any atom is 0.0535 e. The van der Waals surface area contributed by atoms with Gasteiger partial charge in [0.15, 0.2) is 0 Å². The molecule has 19 heavy (non-hydrogen) atoms. The van der Waals surface area contributed by atoms with Crippen LogP contribution in [-0.4, -0.2) is 46.8 Å². The summed E-state index contributed by atoms with van der Waals surface area (Å²) >= 11 is 0. The second-order valence-corrected chi connectivity index (χ2v) is 7.23. The van der Waals surface area contributed by atoms with Gasteiger partial charge in [0.25, 0.3) is 0 Å². The SMILES string of the molecule is CC1CNC(C)(c2ccccc2)CN1CCS(C)=O. The van der Waals surface area contributed by atoms with Gasteiger partial charge >= 0.3 is 0 Å². The number of rotatable bonds is 4. The van der Waals surface area contributed by atoms with Gasteiger partial charge in [-0.3, -0.25) is 9.11 Å². The van der Waals surface area contributed by atoms with Crippen LogP contribution in [-0.2, 0) is 16.3 Å². The van der Waals surface area contributed by atoms with Crippen LogP contribution in [0.1, 0.15) is 19.4 Å². The summed E-state index contributed by atoms with van der Waals surface area (Å²) in [5, 5.41) is 3.66. The van der Waals surface area contributed by atoms with Gasteiger partial charge in [-0.05, 0) is 19.4 Å². The lowest BCUT2D eigenvalue weighted by Gasteiger charge is -2.45. The zero-order valence-electron chi connectivity index (χ0n) is 12.1. The highest BCUT2D eigenvalue weighted by molar-refractivity contribution is 7.84. The molecule has 0 bridgehead atoms. The van der Waals surface area contributed by atoms with Crippen molar-refractivity contribution < 1.29 is 4.21 Å². The Morgan fingerprint density at radius 2 is 2.11 bits per heavy atom. The van der Waals surface area contributed by atoms with Crippen molar-refractivity contribution >= 4 is 10.8 Å². The van der Waals surface area contributed by atoms with E-state index in [1.54, 1.807) is 6.26 Å². The van der Waals surface area contributed by atoms with Gasteiger partial charge in [-0.1, -0.05) is 30.3 Å². The molecular weight excluding hydrogens is 256 g/mol. The Kier molecular flexibility index (Phi) is 4.76. The number of hydrogen-bond acceptors (Lipinski definition) is 3. The van der Waals surface area contributed by atoms with Crippen LogP contribution in [0.4, 0.5) is 0 Å². The van der Waals surface area contributed by atoms with E-state index in [4.69, 9.17) is 0 Å². The van der Waals surface area contributed by atoms with Crippen LogP contribution in [0.25, 0.3) is 0 Å². The van der Waals surface area contributed by atoms with Gasteiger partial charge in [0, 0.05) is 48.5 Å². The lowest BCUT2D eigenvalue weighted by molar-refractivity contribution is 0.101. The van der Waals surface area contributed by atoms with Crippen LogP contribution in [0, 0.1) is 0 Å². The first kappa shape index (κ1) is 14.7. The quantitative estimate of drug-likeness (QED) is 0.909. The second-order valence-electron chi connectivity index (χ2n) is 5.68. The summed E-state index contributed by atoms with van der Waals surface area (Å²) in [6, 6.07) is 11.1. The van der Waals surface area contributed by atoms with Gasteiger partial charge in [-0.25, -0.2) is 0 Å². The van der Waals surface area contributed by atoms with E-state index >= 15 is 0 Å². The van der Waals surface area contributed by atoms with Crippen molar-refractivity contribution in [3.05, 3.63) is 35.9 Å². The maximum atomic E-state index is 11.3. The fourth-order valence-electron chi connectivity index (χ4n) is 2.66. The molecule has 0 saturated carbocycles. The normalized spacial score (nSPS) is 30.2. The van der Waals surface area contributed by atoms with Crippen LogP contribution >= 0.6 is 0 Å². The van der Waals surface area contributed by atoms with E-state index in [0.717, 1.165) is 25.4 Å². The van der Waals surface area contributed by atoms with E-state index in [1.165, 1.54) is 5.56 Å². The summed E-state index contributed by atoms with van der Waals surface area (Å²) in [6.45, 7) is 7.34. The van der Waals surface area contributed by atoms with E-state index in [0.29, 0.717) is 6.04 Å². The average molecular weight is 280 g/mol. The summed E-state index contributed by atoms with van der Waals surface area (Å²) in [5.74, 6) is 0.759. The van der Waals surface area contributed by atoms with Gasteiger partial charge in [0.1, 0.15) is 0 Å². The van der Waals surface area contributed by atoms with Crippen LogP contribution < -0.4 is 5.32 Å². The molecule has 1 aliphatic heterocycles. The average Bonchev–Trinajstić information content (AvgIpc) is 2.41. The molecule has 1 heterocycles. The Balaban J connectivity index is 2.09. The molecule has 0 aliphatic carbocycles. The Bertz CT molecular complexity index is 437. The monoisotopic (exact) mass is 280 g/mol. The summed E-state index contributed by atoms with van der Waals surface area (Å²) in [7, 11) is -0.714. The first-order chi connectivity index (χ1) is 9.01. The smallest absolute Gasteiger partial charge is 0.0535 e. The van der Waals surface area contributed by atoms with Crippen molar-refractivity contribution in [3.8, 4) is 0 Å². The zero-order chi connectivity index (χ0) is 13.9. The van der Waals surface area contributed by atoms with E-state index in [2.05, 4.69) is 54.4 Å². The second kappa shape index (κ2) is 6.16. The van der Waals surface area contributed by atoms with Crippen LogP contribution in [0.15, 0.2) is 30.3 Å². The number of nitrogens with one attached hydrogen (secondary N) is 1. The molecule has 2 rings (SSSR count). The van der Waals surface area contributed by atoms with Gasteiger partial charge in [-0.15, -0.1) is 0 Å². The molecule has 1 aliphatic rings. The number of piperazine rings is 1. The minimum absolute atomic E-state index is 0.0109. The highest BCUT2D eigenvalue weighted by atomic mass is 32.2. The highest BCUT2D eigenvalue weighted by Crippen LogP contribution is 2.26. The van der Waals surface area contributed by atoms with E-state index in [-0.39, 0.29) is 5.54 Å². The topological polar surface area (TPSA) is 32.3 Å². The van der Waals surface area contributed by atoms with Gasteiger partial charge in [0.05, 0.1) is 5.54 Å². The number of nitrogens with zero attached hydrogens (tertiary/aromatic N) is 1. The van der Waals surface area contributed by atoms with Crippen LogP contribution in [0.5, 0.6) is 0 Å². The molecule has 1 fully saturated rings. The Labute approximate surface area is 118 Å². The molecule has 106 valence electrons. The van der Waals surface area contributed by atoms with Crippen LogP contribution in [0.2, 0.25) is 0 Å². The molecule has 1 saturated heterocycles. The zero-order valence-corrected chi connectivity index (χ0v) is 12.9. The molecular formula is C15H24N2OS. The van der Waals surface area contributed by atoms with E-state index in [1.807, 2.05) is 0 Å². The lowest BCUT2D eigenvalue weighted by atomic mass is 9.88. The van der Waals surface area contributed by atoms with Gasteiger partial charge in [-0.2, -0.15) is 0 Å². The highest BCUT2D eigenvalue weighted by Gasteiger charge is 2.34. The summed E-state index contributed by atoms with van der Waals surface area (Å²) in [6.07, 6.45) is 1.78. The van der Waals surface area contributed by atoms with E-state index in [9.17, 15) is 4.21 Å².